The molecule has 90 valence electrons. The van der Waals surface area contributed by atoms with E-state index < -0.39 is 0 Å². The van der Waals surface area contributed by atoms with Crippen molar-refractivity contribution in [1.82, 2.24) is 14.3 Å². The molecule has 0 saturated carbocycles. The van der Waals surface area contributed by atoms with Gasteiger partial charge in [-0.2, -0.15) is 0 Å². The van der Waals surface area contributed by atoms with Crippen LogP contribution in [0.1, 0.15) is 11.3 Å². The summed E-state index contributed by atoms with van der Waals surface area (Å²) >= 11 is 0. The predicted molar refractivity (Wildman–Crippen MR) is 68.9 cm³/mol. The lowest BCUT2D eigenvalue weighted by Crippen LogP contribution is -2.30. The summed E-state index contributed by atoms with van der Waals surface area (Å²) in [6.45, 7) is 2.56. The molecule has 2 aromatic rings. The number of nitrogens with two attached hydrogens (primary N) is 1. The van der Waals surface area contributed by atoms with Crippen LogP contribution >= 0.6 is 0 Å². The van der Waals surface area contributed by atoms with Crippen molar-refractivity contribution in [2.24, 2.45) is 10.7 Å². The van der Waals surface area contributed by atoms with Gasteiger partial charge in [-0.3, -0.25) is 0 Å². The molecule has 2 N–H and O–H groups in total. The van der Waals surface area contributed by atoms with Gasteiger partial charge in [0.15, 0.2) is 5.96 Å². The minimum Gasteiger partial charge on any atom is -0.370 e. The minimum atomic E-state index is 0.505. The quantitative estimate of drug-likeness (QED) is 0.620. The lowest BCUT2D eigenvalue weighted by Gasteiger charge is -2.09. The number of pyridine rings is 1. The number of hydrogen-bond acceptors (Lipinski definition) is 2. The van der Waals surface area contributed by atoms with Gasteiger partial charge in [-0.25, -0.2) is 9.98 Å². The third kappa shape index (κ3) is 2.55. The summed E-state index contributed by atoms with van der Waals surface area (Å²) in [5.41, 5.74) is 8.78. The Morgan fingerprint density at radius 2 is 2.29 bits per heavy atom. The molecule has 17 heavy (non-hydrogen) atoms. The zero-order valence-electron chi connectivity index (χ0n) is 10.4. The molecule has 0 fully saturated rings. The molecule has 0 saturated heterocycles. The van der Waals surface area contributed by atoms with Crippen LogP contribution in [0.25, 0.3) is 5.65 Å². The number of fused-ring (bicyclic) bond motifs is 1. The first-order chi connectivity index (χ1) is 8.06. The van der Waals surface area contributed by atoms with Crippen LogP contribution in [0.3, 0.4) is 0 Å². The van der Waals surface area contributed by atoms with Crippen LogP contribution < -0.4 is 5.73 Å². The van der Waals surface area contributed by atoms with Gasteiger partial charge in [0.1, 0.15) is 5.65 Å². The Bertz CT molecular complexity index is 553. The van der Waals surface area contributed by atoms with Crippen molar-refractivity contribution in [3.05, 3.63) is 35.8 Å². The molecule has 0 aliphatic heterocycles. The summed E-state index contributed by atoms with van der Waals surface area (Å²) in [5.74, 6) is 0.512. The summed E-state index contributed by atoms with van der Waals surface area (Å²) in [7, 11) is 3.73. The fourth-order valence-electron chi connectivity index (χ4n) is 1.52. The number of aliphatic imine (C=N–C) groups is 1. The Morgan fingerprint density at radius 1 is 1.53 bits per heavy atom. The van der Waals surface area contributed by atoms with Crippen molar-refractivity contribution in [2.75, 3.05) is 14.1 Å². The molecule has 2 rings (SSSR count). The second-order valence-corrected chi connectivity index (χ2v) is 4.27. The average Bonchev–Trinajstić information content (AvgIpc) is 2.67. The molecule has 0 amide bonds. The molecule has 0 aliphatic carbocycles. The van der Waals surface area contributed by atoms with Gasteiger partial charge in [-0.1, -0.05) is 0 Å². The Balaban J connectivity index is 2.23. The number of rotatable bonds is 2. The summed E-state index contributed by atoms with van der Waals surface area (Å²) in [5, 5.41) is 0. The molecule has 5 nitrogen and oxygen atoms in total. The largest absolute Gasteiger partial charge is 0.370 e. The van der Waals surface area contributed by atoms with E-state index in [0.717, 1.165) is 11.3 Å². The van der Waals surface area contributed by atoms with Crippen LogP contribution in [-0.2, 0) is 6.54 Å². The smallest absolute Gasteiger partial charge is 0.191 e. The first-order valence-electron chi connectivity index (χ1n) is 5.48. The van der Waals surface area contributed by atoms with Crippen molar-refractivity contribution in [3.63, 3.8) is 0 Å². The molecule has 2 aromatic heterocycles. The molecule has 5 heteroatoms. The molecule has 0 spiro atoms. The predicted octanol–water partition coefficient (Wildman–Crippen LogP) is 1.02. The normalized spacial score (nSPS) is 12.1. The molecule has 0 unspecified atom stereocenters. The minimum absolute atomic E-state index is 0.505. The maximum Gasteiger partial charge on any atom is 0.191 e. The lowest BCUT2D eigenvalue weighted by atomic mass is 10.3. The number of hydrogen-bond donors (Lipinski definition) is 1. The molecular formula is C12H17N5. The van der Waals surface area contributed by atoms with Gasteiger partial charge < -0.3 is 15.0 Å². The van der Waals surface area contributed by atoms with Crippen LogP contribution in [0, 0.1) is 6.92 Å². The van der Waals surface area contributed by atoms with E-state index in [0.29, 0.717) is 12.5 Å². The first-order valence-corrected chi connectivity index (χ1v) is 5.48. The molecule has 0 radical (unpaired) electrons. The van der Waals surface area contributed by atoms with Gasteiger partial charge in [0.2, 0.25) is 0 Å². The van der Waals surface area contributed by atoms with E-state index in [4.69, 9.17) is 5.73 Å². The topological polar surface area (TPSA) is 58.9 Å². The van der Waals surface area contributed by atoms with Crippen molar-refractivity contribution < 1.29 is 0 Å². The number of aryl methyl sites for hydroxylation is 1. The van der Waals surface area contributed by atoms with Gasteiger partial charge >= 0.3 is 0 Å². The van der Waals surface area contributed by atoms with Crippen molar-refractivity contribution in [3.8, 4) is 0 Å². The summed E-state index contributed by atoms with van der Waals surface area (Å²) in [6.07, 6.45) is 3.97. The van der Waals surface area contributed by atoms with Crippen LogP contribution in [0.5, 0.6) is 0 Å². The maximum absolute atomic E-state index is 5.72. The standard InChI is InChI=1S/C12H17N5/c1-9-4-5-17-8-10(15-11(17)6-9)7-14-12(13)16(2)3/h4-6,8H,7H2,1-3H3,(H2,13,14). The highest BCUT2D eigenvalue weighted by Gasteiger charge is 2.01. The monoisotopic (exact) mass is 231 g/mol. The molecule has 0 aliphatic rings. The zero-order valence-corrected chi connectivity index (χ0v) is 10.4. The van der Waals surface area contributed by atoms with E-state index in [1.807, 2.05) is 37.0 Å². The van der Waals surface area contributed by atoms with Gasteiger partial charge in [-0.15, -0.1) is 0 Å². The SMILES string of the molecule is Cc1ccn2cc(CN=C(N)N(C)C)nc2c1. The molecular weight excluding hydrogens is 214 g/mol. The number of guanidine groups is 1. The van der Waals surface area contributed by atoms with E-state index in [-0.39, 0.29) is 0 Å². The highest BCUT2D eigenvalue weighted by molar-refractivity contribution is 5.77. The van der Waals surface area contributed by atoms with Crippen LogP contribution in [0.15, 0.2) is 29.5 Å². The van der Waals surface area contributed by atoms with Crippen molar-refractivity contribution >= 4 is 11.6 Å². The molecule has 0 bridgehead atoms. The second kappa shape index (κ2) is 4.45. The molecule has 0 atom stereocenters. The molecule has 2 heterocycles. The van der Waals surface area contributed by atoms with Gasteiger partial charge in [0.25, 0.3) is 0 Å². The van der Waals surface area contributed by atoms with Crippen LogP contribution in [0.4, 0.5) is 0 Å². The fourth-order valence-corrected chi connectivity index (χ4v) is 1.52. The number of nitrogens with zero attached hydrogens (tertiary/aromatic N) is 4. The lowest BCUT2D eigenvalue weighted by molar-refractivity contribution is 0.609. The Hall–Kier alpha value is -2.04. The van der Waals surface area contributed by atoms with E-state index in [2.05, 4.69) is 23.0 Å². The van der Waals surface area contributed by atoms with E-state index in [1.165, 1.54) is 5.56 Å². The van der Waals surface area contributed by atoms with E-state index >= 15 is 0 Å². The van der Waals surface area contributed by atoms with Gasteiger partial charge in [-0.05, 0) is 24.6 Å². The van der Waals surface area contributed by atoms with E-state index in [9.17, 15) is 0 Å². The highest BCUT2D eigenvalue weighted by Crippen LogP contribution is 2.08. The van der Waals surface area contributed by atoms with Crippen LogP contribution in [0.2, 0.25) is 0 Å². The fraction of sp³-hybridized carbons (Fsp3) is 0.333. The van der Waals surface area contributed by atoms with Gasteiger partial charge in [0, 0.05) is 26.5 Å². The highest BCUT2D eigenvalue weighted by atomic mass is 15.2. The zero-order chi connectivity index (χ0) is 12.4. The Labute approximate surface area is 101 Å². The Morgan fingerprint density at radius 3 is 3.00 bits per heavy atom. The van der Waals surface area contributed by atoms with Crippen LogP contribution in [-0.4, -0.2) is 34.3 Å². The van der Waals surface area contributed by atoms with Gasteiger partial charge in [0.05, 0.1) is 12.2 Å². The van der Waals surface area contributed by atoms with E-state index in [1.54, 1.807) is 4.90 Å². The average molecular weight is 231 g/mol. The third-order valence-corrected chi connectivity index (χ3v) is 2.53. The molecule has 0 aromatic carbocycles. The third-order valence-electron chi connectivity index (χ3n) is 2.53. The maximum atomic E-state index is 5.72. The number of imidazole rings is 1. The Kier molecular flexibility index (Phi) is 2.99. The van der Waals surface area contributed by atoms with Crippen molar-refractivity contribution in [2.45, 2.75) is 13.5 Å². The van der Waals surface area contributed by atoms with Crippen molar-refractivity contribution in [1.29, 1.82) is 0 Å². The number of aromatic nitrogens is 2. The summed E-state index contributed by atoms with van der Waals surface area (Å²) in [4.78, 5) is 10.5. The summed E-state index contributed by atoms with van der Waals surface area (Å²) in [6, 6.07) is 4.10. The second-order valence-electron chi connectivity index (χ2n) is 4.27. The summed E-state index contributed by atoms with van der Waals surface area (Å²) < 4.78 is 1.99. The first kappa shape index (κ1) is 11.4.